The smallest absolute Gasteiger partial charge is 0.339 e. The van der Waals surface area contributed by atoms with Gasteiger partial charge in [0.2, 0.25) is 10.0 Å². The van der Waals surface area contributed by atoms with Crippen LogP contribution in [-0.2, 0) is 26.7 Å². The molecular formula is C21H23ClN2O5S2. The first-order valence-electron chi connectivity index (χ1n) is 9.84. The van der Waals surface area contributed by atoms with Crippen molar-refractivity contribution >= 4 is 37.8 Å². The lowest BCUT2D eigenvalue weighted by Crippen LogP contribution is -2.45. The van der Waals surface area contributed by atoms with Crippen LogP contribution in [0.4, 0.5) is 0 Å². The van der Waals surface area contributed by atoms with E-state index >= 15 is 0 Å². The molecule has 10 heteroatoms. The molecule has 7 nitrogen and oxygen atoms in total. The van der Waals surface area contributed by atoms with Crippen molar-refractivity contribution in [2.24, 2.45) is 0 Å². The summed E-state index contributed by atoms with van der Waals surface area (Å²) in [6.45, 7) is 1.67. The monoisotopic (exact) mass is 482 g/mol. The fraction of sp³-hybridized carbons (Fsp3) is 0.333. The fourth-order valence-corrected chi connectivity index (χ4v) is 5.92. The third-order valence-corrected chi connectivity index (χ3v) is 8.35. The molecule has 2 aliphatic rings. The quantitative estimate of drug-likeness (QED) is 0.608. The lowest BCUT2D eigenvalue weighted by molar-refractivity contribution is 0.183. The molecule has 1 saturated heterocycles. The van der Waals surface area contributed by atoms with E-state index in [0.717, 1.165) is 24.0 Å². The maximum Gasteiger partial charge on any atom is 0.339 e. The summed E-state index contributed by atoms with van der Waals surface area (Å²) in [4.78, 5) is 2.27. The average Bonchev–Trinajstić information content (AvgIpc) is 2.72. The summed E-state index contributed by atoms with van der Waals surface area (Å²) in [7, 11) is -7.14. The number of piperidine rings is 1. The SMILES string of the molecule is CS(=O)(=O)N1CCC(N2C=Cc3cc(S(=O)(=O)Oc4cccc(Cl)c4)ccc3C2)CC1. The Hall–Kier alpha value is -2.07. The van der Waals surface area contributed by atoms with Crippen LogP contribution < -0.4 is 4.18 Å². The normalized spacial score (nSPS) is 18.1. The molecule has 31 heavy (non-hydrogen) atoms. The lowest BCUT2D eigenvalue weighted by atomic mass is 9.99. The number of sulfonamides is 1. The molecule has 0 amide bonds. The van der Waals surface area contributed by atoms with E-state index in [1.165, 1.54) is 22.7 Å². The number of benzene rings is 2. The molecule has 0 unspecified atom stereocenters. The third-order valence-electron chi connectivity index (χ3n) is 5.57. The minimum atomic E-state index is -3.99. The van der Waals surface area contributed by atoms with Gasteiger partial charge in [-0.05, 0) is 54.3 Å². The highest BCUT2D eigenvalue weighted by Crippen LogP contribution is 2.29. The van der Waals surface area contributed by atoms with Gasteiger partial charge in [0.05, 0.1) is 6.26 Å². The molecule has 0 bridgehead atoms. The van der Waals surface area contributed by atoms with E-state index in [1.54, 1.807) is 30.3 Å². The van der Waals surface area contributed by atoms with Gasteiger partial charge in [0.25, 0.3) is 0 Å². The Labute approximate surface area is 188 Å². The Morgan fingerprint density at radius 2 is 1.77 bits per heavy atom. The summed E-state index contributed by atoms with van der Waals surface area (Å²) in [6.07, 6.45) is 6.60. The minimum Gasteiger partial charge on any atom is -0.379 e. The second-order valence-corrected chi connectivity index (χ2v) is 11.7. The molecule has 4 rings (SSSR count). The summed E-state index contributed by atoms with van der Waals surface area (Å²) in [5, 5.41) is 0.392. The zero-order chi connectivity index (χ0) is 22.2. The number of hydrogen-bond acceptors (Lipinski definition) is 6. The average molecular weight is 483 g/mol. The van der Waals surface area contributed by atoms with Crippen LogP contribution in [0.15, 0.2) is 53.6 Å². The summed E-state index contributed by atoms with van der Waals surface area (Å²) < 4.78 is 55.5. The lowest BCUT2D eigenvalue weighted by Gasteiger charge is -2.38. The molecule has 1 fully saturated rings. The molecule has 0 saturated carbocycles. The van der Waals surface area contributed by atoms with Gasteiger partial charge in [-0.25, -0.2) is 12.7 Å². The fourth-order valence-electron chi connectivity index (χ4n) is 3.90. The molecule has 0 spiro atoms. The van der Waals surface area contributed by atoms with E-state index in [1.807, 2.05) is 12.3 Å². The summed E-state index contributed by atoms with van der Waals surface area (Å²) >= 11 is 5.90. The van der Waals surface area contributed by atoms with Crippen molar-refractivity contribution in [3.8, 4) is 5.75 Å². The van der Waals surface area contributed by atoms with Crippen molar-refractivity contribution < 1.29 is 21.0 Å². The van der Waals surface area contributed by atoms with Crippen LogP contribution in [0, 0.1) is 0 Å². The Bertz CT molecular complexity index is 1220. The Morgan fingerprint density at radius 3 is 2.45 bits per heavy atom. The van der Waals surface area contributed by atoms with E-state index < -0.39 is 20.1 Å². The number of rotatable bonds is 5. The molecule has 0 atom stereocenters. The predicted molar refractivity (Wildman–Crippen MR) is 120 cm³/mol. The summed E-state index contributed by atoms with van der Waals surface area (Å²) in [5.41, 5.74) is 1.83. The molecular weight excluding hydrogens is 460 g/mol. The van der Waals surface area contributed by atoms with Crippen molar-refractivity contribution in [1.82, 2.24) is 9.21 Å². The summed E-state index contributed by atoms with van der Waals surface area (Å²) in [5.74, 6) is 0.160. The van der Waals surface area contributed by atoms with Gasteiger partial charge in [0, 0.05) is 43.0 Å². The van der Waals surface area contributed by atoms with Crippen LogP contribution >= 0.6 is 11.6 Å². The van der Waals surface area contributed by atoms with E-state index in [0.29, 0.717) is 24.7 Å². The van der Waals surface area contributed by atoms with Crippen LogP contribution in [0.25, 0.3) is 6.08 Å². The van der Waals surface area contributed by atoms with E-state index in [4.69, 9.17) is 15.8 Å². The highest BCUT2D eigenvalue weighted by atomic mass is 35.5. The van der Waals surface area contributed by atoms with E-state index in [-0.39, 0.29) is 16.7 Å². The van der Waals surface area contributed by atoms with Crippen LogP contribution in [-0.4, -0.2) is 51.4 Å². The van der Waals surface area contributed by atoms with Crippen LogP contribution in [0.1, 0.15) is 24.0 Å². The first-order valence-corrected chi connectivity index (χ1v) is 13.5. The van der Waals surface area contributed by atoms with Crippen molar-refractivity contribution in [1.29, 1.82) is 0 Å². The maximum absolute atomic E-state index is 12.7. The molecule has 2 aromatic carbocycles. The van der Waals surface area contributed by atoms with Crippen molar-refractivity contribution in [2.75, 3.05) is 19.3 Å². The Balaban J connectivity index is 1.47. The van der Waals surface area contributed by atoms with Crippen molar-refractivity contribution in [3.05, 3.63) is 64.8 Å². The van der Waals surface area contributed by atoms with E-state index in [2.05, 4.69) is 4.90 Å². The topological polar surface area (TPSA) is 84.0 Å². The summed E-state index contributed by atoms with van der Waals surface area (Å²) in [6, 6.07) is 11.4. The first kappa shape index (κ1) is 22.1. The molecule has 166 valence electrons. The number of halogens is 1. The van der Waals surface area contributed by atoms with Gasteiger partial charge >= 0.3 is 10.1 Å². The minimum absolute atomic E-state index is 0.0748. The highest BCUT2D eigenvalue weighted by molar-refractivity contribution is 7.88. The van der Waals surface area contributed by atoms with Crippen molar-refractivity contribution in [3.63, 3.8) is 0 Å². The van der Waals surface area contributed by atoms with Gasteiger partial charge in [0.1, 0.15) is 10.6 Å². The number of nitrogens with zero attached hydrogens (tertiary/aromatic N) is 2. The Morgan fingerprint density at radius 1 is 1.03 bits per heavy atom. The van der Waals surface area contributed by atoms with Gasteiger partial charge in [-0.3, -0.25) is 0 Å². The molecule has 2 aromatic rings. The zero-order valence-corrected chi connectivity index (χ0v) is 19.3. The highest BCUT2D eigenvalue weighted by Gasteiger charge is 2.29. The van der Waals surface area contributed by atoms with Gasteiger partial charge < -0.3 is 9.08 Å². The van der Waals surface area contributed by atoms with Gasteiger partial charge in [-0.15, -0.1) is 0 Å². The number of hydrogen-bond donors (Lipinski definition) is 0. The molecule has 0 radical (unpaired) electrons. The van der Waals surface area contributed by atoms with Gasteiger partial charge in [-0.2, -0.15) is 8.42 Å². The molecule has 2 aliphatic heterocycles. The van der Waals surface area contributed by atoms with Gasteiger partial charge in [-0.1, -0.05) is 23.7 Å². The molecule has 0 aliphatic carbocycles. The van der Waals surface area contributed by atoms with Crippen LogP contribution in [0.5, 0.6) is 5.75 Å². The second-order valence-electron chi connectivity index (χ2n) is 7.74. The number of fused-ring (bicyclic) bond motifs is 1. The maximum atomic E-state index is 12.7. The second kappa shape index (κ2) is 8.46. The zero-order valence-electron chi connectivity index (χ0n) is 16.9. The molecule has 2 heterocycles. The molecule has 0 N–H and O–H groups in total. The van der Waals surface area contributed by atoms with Gasteiger partial charge in [0.15, 0.2) is 0 Å². The largest absolute Gasteiger partial charge is 0.379 e. The van der Waals surface area contributed by atoms with E-state index in [9.17, 15) is 16.8 Å². The van der Waals surface area contributed by atoms with Crippen LogP contribution in [0.3, 0.4) is 0 Å². The Kier molecular flexibility index (Phi) is 6.04. The van der Waals surface area contributed by atoms with Crippen LogP contribution in [0.2, 0.25) is 5.02 Å². The molecule has 0 aromatic heterocycles. The van der Waals surface area contributed by atoms with Crippen molar-refractivity contribution in [2.45, 2.75) is 30.3 Å². The predicted octanol–water partition coefficient (Wildman–Crippen LogP) is 3.32. The standard InChI is InChI=1S/C21H23ClN2O5S2/c1-30(25,26)24-11-8-19(9-12-24)23-10-7-16-13-21(6-5-17(16)15-23)31(27,28)29-20-4-2-3-18(22)14-20/h2-7,10,13-14,19H,8-9,11-12,15H2,1H3. The first-order chi connectivity index (χ1) is 14.6. The third kappa shape index (κ3) is 5.06.